The highest BCUT2D eigenvalue weighted by Gasteiger charge is 2.28. The zero-order valence-electron chi connectivity index (χ0n) is 10.2. The molecule has 16 heavy (non-hydrogen) atoms. The molecule has 1 heterocycles. The third-order valence-corrected chi connectivity index (χ3v) is 3.25. The molecule has 1 fully saturated rings. The molecule has 0 aliphatic heterocycles. The summed E-state index contributed by atoms with van der Waals surface area (Å²) < 4.78 is 0. The first-order valence-corrected chi connectivity index (χ1v) is 6.24. The highest BCUT2D eigenvalue weighted by Crippen LogP contribution is 2.31. The van der Waals surface area contributed by atoms with E-state index in [-0.39, 0.29) is 6.04 Å². The van der Waals surface area contributed by atoms with Crippen molar-refractivity contribution in [1.82, 2.24) is 4.98 Å². The van der Waals surface area contributed by atoms with Gasteiger partial charge in [0.05, 0.1) is 17.6 Å². The average molecular weight is 219 g/mol. The van der Waals surface area contributed by atoms with Gasteiger partial charge in [0.15, 0.2) is 0 Å². The number of rotatable bonds is 5. The Labute approximate surface area is 97.7 Å². The molecule has 1 aromatic rings. The molecule has 3 heteroatoms. The van der Waals surface area contributed by atoms with Crippen LogP contribution in [-0.4, -0.2) is 17.6 Å². The minimum Gasteiger partial charge on any atom is -0.368 e. The van der Waals surface area contributed by atoms with Crippen molar-refractivity contribution in [2.24, 2.45) is 5.73 Å². The summed E-state index contributed by atoms with van der Waals surface area (Å²) in [5, 5.41) is 0. The summed E-state index contributed by atoms with van der Waals surface area (Å²) in [4.78, 5) is 6.89. The molecule has 0 unspecified atom stereocenters. The van der Waals surface area contributed by atoms with Gasteiger partial charge in [0, 0.05) is 18.6 Å². The molecule has 1 aliphatic rings. The van der Waals surface area contributed by atoms with E-state index in [0.717, 1.165) is 24.7 Å². The quantitative estimate of drug-likeness (QED) is 0.827. The van der Waals surface area contributed by atoms with Crippen LogP contribution < -0.4 is 10.6 Å². The summed E-state index contributed by atoms with van der Waals surface area (Å²) in [5.41, 5.74) is 8.18. The summed E-state index contributed by atoms with van der Waals surface area (Å²) in [5.74, 6) is 0. The minimum atomic E-state index is 0.0741. The lowest BCUT2D eigenvalue weighted by Crippen LogP contribution is -2.25. The van der Waals surface area contributed by atoms with Gasteiger partial charge in [-0.25, -0.2) is 0 Å². The zero-order chi connectivity index (χ0) is 11.5. The van der Waals surface area contributed by atoms with Gasteiger partial charge in [-0.1, -0.05) is 6.92 Å². The number of hydrogen-bond acceptors (Lipinski definition) is 3. The van der Waals surface area contributed by atoms with Crippen molar-refractivity contribution in [2.75, 3.05) is 11.4 Å². The standard InChI is InChI=1S/C13H21N3/c1-3-12(14)13-8-7-11(9-15-13)16(4-2)10-5-6-10/h7-10,12H,3-6,14H2,1-2H3/t12-/m0/s1. The molecule has 0 spiro atoms. The lowest BCUT2D eigenvalue weighted by Gasteiger charge is -2.22. The molecule has 1 aliphatic carbocycles. The van der Waals surface area contributed by atoms with Crippen LogP contribution in [0.25, 0.3) is 0 Å². The van der Waals surface area contributed by atoms with Crippen LogP contribution in [0, 0.1) is 0 Å². The van der Waals surface area contributed by atoms with Crippen LogP contribution >= 0.6 is 0 Å². The van der Waals surface area contributed by atoms with Gasteiger partial charge >= 0.3 is 0 Å². The smallest absolute Gasteiger partial charge is 0.0572 e. The molecule has 88 valence electrons. The van der Waals surface area contributed by atoms with Crippen LogP contribution in [0.1, 0.15) is 44.8 Å². The normalized spacial score (nSPS) is 17.2. The SMILES string of the molecule is CC[C@H](N)c1ccc(N(CC)C2CC2)cn1. The molecule has 0 amide bonds. The van der Waals surface area contributed by atoms with E-state index in [0.29, 0.717) is 0 Å². The Morgan fingerprint density at radius 3 is 2.62 bits per heavy atom. The van der Waals surface area contributed by atoms with Gasteiger partial charge < -0.3 is 10.6 Å². The van der Waals surface area contributed by atoms with E-state index in [1.54, 1.807) is 0 Å². The summed E-state index contributed by atoms with van der Waals surface area (Å²) >= 11 is 0. The van der Waals surface area contributed by atoms with Crippen LogP contribution in [0.3, 0.4) is 0 Å². The number of hydrogen-bond donors (Lipinski definition) is 1. The number of nitrogens with two attached hydrogens (primary N) is 1. The van der Waals surface area contributed by atoms with E-state index >= 15 is 0 Å². The van der Waals surface area contributed by atoms with Crippen LogP contribution in [0.2, 0.25) is 0 Å². The van der Waals surface area contributed by atoms with Gasteiger partial charge in [0.1, 0.15) is 0 Å². The molecule has 2 rings (SSSR count). The maximum absolute atomic E-state index is 5.95. The molecule has 1 saturated carbocycles. The number of anilines is 1. The van der Waals surface area contributed by atoms with E-state index in [9.17, 15) is 0 Å². The third kappa shape index (κ3) is 2.35. The fraction of sp³-hybridized carbons (Fsp3) is 0.615. The van der Waals surface area contributed by atoms with Gasteiger partial charge in [-0.2, -0.15) is 0 Å². The first kappa shape index (κ1) is 11.4. The summed E-state index contributed by atoms with van der Waals surface area (Å²) in [6.45, 7) is 5.35. The molecule has 3 nitrogen and oxygen atoms in total. The van der Waals surface area contributed by atoms with E-state index in [1.807, 2.05) is 6.20 Å². The van der Waals surface area contributed by atoms with Crippen molar-refractivity contribution in [3.05, 3.63) is 24.0 Å². The minimum absolute atomic E-state index is 0.0741. The zero-order valence-corrected chi connectivity index (χ0v) is 10.2. The van der Waals surface area contributed by atoms with Crippen molar-refractivity contribution in [2.45, 2.75) is 45.2 Å². The molecular weight excluding hydrogens is 198 g/mol. The fourth-order valence-electron chi connectivity index (χ4n) is 2.03. The maximum atomic E-state index is 5.95. The average Bonchev–Trinajstić information content (AvgIpc) is 3.14. The Hall–Kier alpha value is -1.09. The van der Waals surface area contributed by atoms with Gasteiger partial charge in [-0.3, -0.25) is 4.98 Å². The van der Waals surface area contributed by atoms with Gasteiger partial charge in [0.2, 0.25) is 0 Å². The topological polar surface area (TPSA) is 42.1 Å². The van der Waals surface area contributed by atoms with Gasteiger partial charge in [-0.15, -0.1) is 0 Å². The molecule has 0 bridgehead atoms. The Morgan fingerprint density at radius 1 is 1.44 bits per heavy atom. The van der Waals surface area contributed by atoms with Crippen LogP contribution in [0.4, 0.5) is 5.69 Å². The fourth-order valence-corrected chi connectivity index (χ4v) is 2.03. The van der Waals surface area contributed by atoms with E-state index in [4.69, 9.17) is 5.73 Å². The van der Waals surface area contributed by atoms with Crippen LogP contribution in [0.15, 0.2) is 18.3 Å². The third-order valence-electron chi connectivity index (χ3n) is 3.25. The van der Waals surface area contributed by atoms with Crippen molar-refractivity contribution >= 4 is 5.69 Å². The molecule has 0 radical (unpaired) electrons. The second-order valence-corrected chi connectivity index (χ2v) is 4.47. The van der Waals surface area contributed by atoms with Crippen LogP contribution in [0.5, 0.6) is 0 Å². The number of pyridine rings is 1. The molecule has 0 aromatic carbocycles. The monoisotopic (exact) mass is 219 g/mol. The first-order valence-electron chi connectivity index (χ1n) is 6.24. The second-order valence-electron chi connectivity index (χ2n) is 4.47. The second kappa shape index (κ2) is 4.83. The molecular formula is C13H21N3. The lowest BCUT2D eigenvalue weighted by molar-refractivity contribution is 0.674. The van der Waals surface area contributed by atoms with E-state index in [2.05, 4.69) is 35.9 Å². The number of aromatic nitrogens is 1. The molecule has 2 N–H and O–H groups in total. The highest BCUT2D eigenvalue weighted by molar-refractivity contribution is 5.47. The van der Waals surface area contributed by atoms with Crippen molar-refractivity contribution in [3.63, 3.8) is 0 Å². The van der Waals surface area contributed by atoms with E-state index < -0.39 is 0 Å². The Balaban J connectivity index is 2.11. The Morgan fingerprint density at radius 2 is 2.19 bits per heavy atom. The maximum Gasteiger partial charge on any atom is 0.0572 e. The predicted octanol–water partition coefficient (Wildman–Crippen LogP) is 2.48. The molecule has 1 atom stereocenters. The summed E-state index contributed by atoms with van der Waals surface area (Å²) in [6.07, 6.45) is 5.55. The van der Waals surface area contributed by atoms with Gasteiger partial charge in [-0.05, 0) is 38.3 Å². The Kier molecular flexibility index (Phi) is 3.44. The lowest BCUT2D eigenvalue weighted by atomic mass is 10.1. The van der Waals surface area contributed by atoms with Crippen LogP contribution in [-0.2, 0) is 0 Å². The first-order chi connectivity index (χ1) is 7.76. The van der Waals surface area contributed by atoms with Crippen molar-refractivity contribution in [3.8, 4) is 0 Å². The Bertz CT molecular complexity index is 330. The largest absolute Gasteiger partial charge is 0.368 e. The summed E-state index contributed by atoms with van der Waals surface area (Å²) in [6, 6.07) is 5.04. The molecule has 1 aromatic heterocycles. The highest BCUT2D eigenvalue weighted by atomic mass is 15.2. The molecule has 0 saturated heterocycles. The van der Waals surface area contributed by atoms with Gasteiger partial charge in [0.25, 0.3) is 0 Å². The van der Waals surface area contributed by atoms with E-state index in [1.165, 1.54) is 18.5 Å². The van der Waals surface area contributed by atoms with Crippen molar-refractivity contribution in [1.29, 1.82) is 0 Å². The van der Waals surface area contributed by atoms with Crippen molar-refractivity contribution < 1.29 is 0 Å². The number of nitrogens with zero attached hydrogens (tertiary/aromatic N) is 2. The summed E-state index contributed by atoms with van der Waals surface area (Å²) in [7, 11) is 0. The predicted molar refractivity (Wildman–Crippen MR) is 67.5 cm³/mol.